The second kappa shape index (κ2) is 8.92. The topological polar surface area (TPSA) is 76.9 Å². The Kier molecular flexibility index (Phi) is 5.90. The number of hydrogen-bond acceptors (Lipinski definition) is 5. The molecule has 2 aromatic heterocycles. The van der Waals surface area contributed by atoms with Gasteiger partial charge in [0.1, 0.15) is 0 Å². The van der Waals surface area contributed by atoms with E-state index in [2.05, 4.69) is 22.2 Å². The first-order chi connectivity index (χ1) is 14.7. The summed E-state index contributed by atoms with van der Waals surface area (Å²) in [5, 5.41) is 3.82. The zero-order valence-corrected chi connectivity index (χ0v) is 17.2. The van der Waals surface area contributed by atoms with E-state index < -0.39 is 0 Å². The zero-order chi connectivity index (χ0) is 20.9. The molecular formula is C23H20N4O2S. The molecule has 0 unspecified atom stereocenters. The highest BCUT2D eigenvalue weighted by Gasteiger charge is 2.15. The van der Waals surface area contributed by atoms with Gasteiger partial charge in [-0.2, -0.15) is 0 Å². The van der Waals surface area contributed by atoms with Crippen molar-refractivity contribution < 1.29 is 4.79 Å². The summed E-state index contributed by atoms with van der Waals surface area (Å²) < 4.78 is 1.57. The lowest BCUT2D eigenvalue weighted by Gasteiger charge is -2.13. The van der Waals surface area contributed by atoms with Crippen LogP contribution in [-0.2, 0) is 11.2 Å². The maximum atomic E-state index is 13.2. The molecule has 30 heavy (non-hydrogen) atoms. The van der Waals surface area contributed by atoms with Crippen molar-refractivity contribution in [3.05, 3.63) is 89.0 Å². The number of pyridine rings is 1. The molecule has 7 heteroatoms. The Hall–Kier alpha value is -3.45. The fourth-order valence-electron chi connectivity index (χ4n) is 3.08. The first-order valence-corrected chi connectivity index (χ1v) is 10.6. The number of carbonyl (C=O) groups is 1. The third-order valence-corrected chi connectivity index (χ3v) is 5.56. The first-order valence-electron chi connectivity index (χ1n) is 9.59. The lowest BCUT2D eigenvalue weighted by molar-refractivity contribution is -0.113. The fraction of sp³-hybridized carbons (Fsp3) is 0.130. The molecule has 4 aromatic rings. The fourth-order valence-corrected chi connectivity index (χ4v) is 3.89. The molecule has 0 aliphatic heterocycles. The Labute approximate surface area is 178 Å². The average Bonchev–Trinajstić information content (AvgIpc) is 2.79. The van der Waals surface area contributed by atoms with E-state index in [4.69, 9.17) is 0 Å². The minimum absolute atomic E-state index is 0.118. The molecule has 4 rings (SSSR count). The van der Waals surface area contributed by atoms with Crippen molar-refractivity contribution >= 4 is 34.3 Å². The Balaban J connectivity index is 1.68. The van der Waals surface area contributed by atoms with Crippen LogP contribution < -0.4 is 10.9 Å². The largest absolute Gasteiger partial charge is 0.324 e. The summed E-state index contributed by atoms with van der Waals surface area (Å²) in [7, 11) is 0. The lowest BCUT2D eigenvalue weighted by atomic mass is 10.1. The molecule has 1 N–H and O–H groups in total. The molecule has 6 nitrogen and oxygen atoms in total. The van der Waals surface area contributed by atoms with Gasteiger partial charge in [-0.15, -0.1) is 0 Å². The van der Waals surface area contributed by atoms with Crippen molar-refractivity contribution in [1.82, 2.24) is 14.5 Å². The molecule has 0 saturated carbocycles. The van der Waals surface area contributed by atoms with Crippen LogP contribution in [0.1, 0.15) is 12.5 Å². The number of fused-ring (bicyclic) bond motifs is 1. The minimum Gasteiger partial charge on any atom is -0.324 e. The zero-order valence-electron chi connectivity index (χ0n) is 16.4. The summed E-state index contributed by atoms with van der Waals surface area (Å²) in [5.41, 5.74) is 3.00. The van der Waals surface area contributed by atoms with Gasteiger partial charge in [0.15, 0.2) is 5.16 Å². The van der Waals surface area contributed by atoms with Crippen LogP contribution in [0.3, 0.4) is 0 Å². The molecule has 2 heterocycles. The van der Waals surface area contributed by atoms with E-state index >= 15 is 0 Å². The summed E-state index contributed by atoms with van der Waals surface area (Å²) in [5.74, 6) is -0.0736. The maximum Gasteiger partial charge on any atom is 0.266 e. The van der Waals surface area contributed by atoms with Gasteiger partial charge in [-0.25, -0.2) is 4.98 Å². The highest BCUT2D eigenvalue weighted by molar-refractivity contribution is 7.99. The van der Waals surface area contributed by atoms with Crippen molar-refractivity contribution in [2.45, 2.75) is 18.5 Å². The molecule has 0 bridgehead atoms. The molecule has 0 aliphatic rings. The molecule has 0 fully saturated rings. The first kappa shape index (κ1) is 19.8. The predicted molar refractivity (Wildman–Crippen MR) is 120 cm³/mol. The van der Waals surface area contributed by atoms with E-state index in [1.807, 2.05) is 36.4 Å². The lowest BCUT2D eigenvalue weighted by Crippen LogP contribution is -2.23. The number of anilines is 1. The standard InChI is InChI=1S/C23H20N4O2S/c1-2-16-9-11-18(12-10-16)27-22(29)19-7-3-4-8-20(19)26-23(27)30-15-21(28)25-17-6-5-13-24-14-17/h3-14H,2,15H2,1H3,(H,25,28). The van der Waals surface area contributed by atoms with E-state index in [0.29, 0.717) is 21.7 Å². The highest BCUT2D eigenvalue weighted by atomic mass is 32.2. The Morgan fingerprint density at radius 2 is 1.87 bits per heavy atom. The Bertz CT molecular complexity index is 1240. The number of nitrogens with zero attached hydrogens (tertiary/aromatic N) is 3. The van der Waals surface area contributed by atoms with Crippen molar-refractivity contribution in [3.63, 3.8) is 0 Å². The molecule has 150 valence electrons. The van der Waals surface area contributed by atoms with Crippen LogP contribution in [0.5, 0.6) is 0 Å². The maximum absolute atomic E-state index is 13.2. The van der Waals surface area contributed by atoms with Gasteiger partial charge in [-0.05, 0) is 48.4 Å². The number of para-hydroxylation sites is 1. The number of carbonyl (C=O) groups excluding carboxylic acids is 1. The van der Waals surface area contributed by atoms with E-state index in [9.17, 15) is 9.59 Å². The normalized spacial score (nSPS) is 10.8. The number of rotatable bonds is 6. The van der Waals surface area contributed by atoms with Gasteiger partial charge in [0.05, 0.1) is 34.2 Å². The Morgan fingerprint density at radius 3 is 2.60 bits per heavy atom. The summed E-state index contributed by atoms with van der Waals surface area (Å²) >= 11 is 1.23. The van der Waals surface area contributed by atoms with Crippen LogP contribution >= 0.6 is 11.8 Å². The number of thioether (sulfide) groups is 1. The quantitative estimate of drug-likeness (QED) is 0.379. The van der Waals surface area contributed by atoms with Gasteiger partial charge in [-0.3, -0.25) is 19.1 Å². The van der Waals surface area contributed by atoms with E-state index in [0.717, 1.165) is 12.1 Å². The van der Waals surface area contributed by atoms with E-state index in [1.54, 1.807) is 41.2 Å². The van der Waals surface area contributed by atoms with Gasteiger partial charge in [0.2, 0.25) is 5.91 Å². The molecular weight excluding hydrogens is 396 g/mol. The number of aryl methyl sites for hydroxylation is 1. The molecule has 1 amide bonds. The van der Waals surface area contributed by atoms with Crippen molar-refractivity contribution in [3.8, 4) is 5.69 Å². The second-order valence-electron chi connectivity index (χ2n) is 6.65. The van der Waals surface area contributed by atoms with E-state index in [-0.39, 0.29) is 17.2 Å². The number of nitrogens with one attached hydrogen (secondary N) is 1. The number of amides is 1. The molecule has 0 saturated heterocycles. The Morgan fingerprint density at radius 1 is 1.07 bits per heavy atom. The third-order valence-electron chi connectivity index (χ3n) is 4.63. The number of aromatic nitrogens is 3. The molecule has 0 spiro atoms. The summed E-state index contributed by atoms with van der Waals surface area (Å²) in [6.07, 6.45) is 4.15. The van der Waals surface area contributed by atoms with Crippen LogP contribution in [0.15, 0.2) is 83.0 Å². The van der Waals surface area contributed by atoms with Crippen molar-refractivity contribution in [1.29, 1.82) is 0 Å². The van der Waals surface area contributed by atoms with Crippen molar-refractivity contribution in [2.75, 3.05) is 11.1 Å². The summed E-state index contributed by atoms with van der Waals surface area (Å²) in [6, 6.07) is 18.6. The number of benzene rings is 2. The average molecular weight is 417 g/mol. The number of hydrogen-bond donors (Lipinski definition) is 1. The molecule has 0 atom stereocenters. The van der Waals surface area contributed by atoms with Crippen LogP contribution in [-0.4, -0.2) is 26.2 Å². The smallest absolute Gasteiger partial charge is 0.266 e. The molecule has 2 aromatic carbocycles. The second-order valence-corrected chi connectivity index (χ2v) is 7.59. The SMILES string of the molecule is CCc1ccc(-n2c(SCC(=O)Nc3cccnc3)nc3ccccc3c2=O)cc1. The summed E-state index contributed by atoms with van der Waals surface area (Å²) in [4.78, 5) is 34.3. The van der Waals surface area contributed by atoms with Crippen LogP contribution in [0.4, 0.5) is 5.69 Å². The predicted octanol–water partition coefficient (Wildman–Crippen LogP) is 4.07. The van der Waals surface area contributed by atoms with Crippen molar-refractivity contribution in [2.24, 2.45) is 0 Å². The van der Waals surface area contributed by atoms with Gasteiger partial charge in [-0.1, -0.05) is 43.0 Å². The summed E-state index contributed by atoms with van der Waals surface area (Å²) in [6.45, 7) is 2.08. The van der Waals surface area contributed by atoms with Gasteiger partial charge >= 0.3 is 0 Å². The van der Waals surface area contributed by atoms with Gasteiger partial charge in [0.25, 0.3) is 5.56 Å². The highest BCUT2D eigenvalue weighted by Crippen LogP contribution is 2.22. The van der Waals surface area contributed by atoms with E-state index in [1.165, 1.54) is 17.3 Å². The van der Waals surface area contributed by atoms with Gasteiger partial charge in [0, 0.05) is 6.20 Å². The minimum atomic E-state index is -0.191. The monoisotopic (exact) mass is 416 g/mol. The van der Waals surface area contributed by atoms with Crippen LogP contribution in [0.25, 0.3) is 16.6 Å². The van der Waals surface area contributed by atoms with Crippen LogP contribution in [0.2, 0.25) is 0 Å². The van der Waals surface area contributed by atoms with Gasteiger partial charge < -0.3 is 5.32 Å². The molecule has 0 aliphatic carbocycles. The molecule has 0 radical (unpaired) electrons. The third kappa shape index (κ3) is 4.26. The van der Waals surface area contributed by atoms with Crippen LogP contribution in [0, 0.1) is 0 Å².